The summed E-state index contributed by atoms with van der Waals surface area (Å²) in [5.41, 5.74) is 5.53. The number of pyridine rings is 1. The van der Waals surface area contributed by atoms with Gasteiger partial charge in [-0.3, -0.25) is 4.79 Å². The number of imidazole rings is 1. The van der Waals surface area contributed by atoms with Crippen LogP contribution in [-0.4, -0.2) is 58.1 Å². The first kappa shape index (κ1) is 20.9. The molecule has 7 heteroatoms. The van der Waals surface area contributed by atoms with Crippen LogP contribution in [0.5, 0.6) is 0 Å². The van der Waals surface area contributed by atoms with Crippen molar-refractivity contribution in [2.45, 2.75) is 19.6 Å². The summed E-state index contributed by atoms with van der Waals surface area (Å²) in [6.45, 7) is 5.90. The average Bonchev–Trinajstić information content (AvgIpc) is 3.27. The lowest BCUT2D eigenvalue weighted by atomic mass is 10.0. The zero-order chi connectivity index (χ0) is 23.1. The van der Waals surface area contributed by atoms with E-state index in [2.05, 4.69) is 64.1 Å². The Labute approximate surface area is 198 Å². The van der Waals surface area contributed by atoms with Crippen LogP contribution in [0.15, 0.2) is 66.9 Å². The minimum atomic E-state index is 0.111. The highest BCUT2D eigenvalue weighted by molar-refractivity contribution is 5.83. The van der Waals surface area contributed by atoms with Gasteiger partial charge in [0.1, 0.15) is 18.2 Å². The van der Waals surface area contributed by atoms with Crippen molar-refractivity contribution >= 4 is 22.8 Å². The molecule has 1 unspecified atom stereocenters. The topological polar surface area (TPSA) is 63.5 Å². The number of aromatic nitrogens is 3. The second-order valence-electron chi connectivity index (χ2n) is 8.94. The third-order valence-corrected chi connectivity index (χ3v) is 6.90. The quantitative estimate of drug-likeness (QED) is 0.471. The maximum absolute atomic E-state index is 11.6. The average molecular weight is 454 g/mol. The van der Waals surface area contributed by atoms with Gasteiger partial charge in [-0.15, -0.1) is 0 Å². The van der Waals surface area contributed by atoms with Crippen molar-refractivity contribution < 1.29 is 9.53 Å². The molecule has 2 aliphatic heterocycles. The molecule has 0 saturated carbocycles. The highest BCUT2D eigenvalue weighted by atomic mass is 16.5. The summed E-state index contributed by atoms with van der Waals surface area (Å²) in [6, 6.07) is 21.2. The Balaban J connectivity index is 1.30. The lowest BCUT2D eigenvalue weighted by molar-refractivity contribution is -0.129. The van der Waals surface area contributed by atoms with Gasteiger partial charge in [-0.05, 0) is 35.4 Å². The second kappa shape index (κ2) is 8.57. The monoisotopic (exact) mass is 453 g/mol. The van der Waals surface area contributed by atoms with Crippen LogP contribution in [0.1, 0.15) is 24.4 Å². The van der Waals surface area contributed by atoms with Crippen LogP contribution in [-0.2, 0) is 16.1 Å². The third kappa shape index (κ3) is 3.72. The number of fused-ring (bicyclic) bond motifs is 3. The van der Waals surface area contributed by atoms with Gasteiger partial charge in [0.2, 0.25) is 5.91 Å². The molecule has 1 saturated heterocycles. The van der Waals surface area contributed by atoms with Crippen LogP contribution in [0.3, 0.4) is 0 Å². The minimum absolute atomic E-state index is 0.111. The molecule has 1 atom stereocenters. The van der Waals surface area contributed by atoms with E-state index in [1.165, 1.54) is 5.56 Å². The van der Waals surface area contributed by atoms with Crippen LogP contribution in [0, 0.1) is 0 Å². The summed E-state index contributed by atoms with van der Waals surface area (Å²) >= 11 is 0. The lowest BCUT2D eigenvalue weighted by Gasteiger charge is -2.34. The largest absolute Gasteiger partial charge is 0.371 e. The van der Waals surface area contributed by atoms with Crippen molar-refractivity contribution in [2.24, 2.45) is 0 Å². The molecule has 0 aliphatic carbocycles. The molecule has 172 valence electrons. The number of rotatable bonds is 3. The molecule has 0 radical (unpaired) electrons. The smallest absolute Gasteiger partial charge is 0.219 e. The maximum atomic E-state index is 11.6. The van der Waals surface area contributed by atoms with E-state index in [9.17, 15) is 4.79 Å². The summed E-state index contributed by atoms with van der Waals surface area (Å²) in [5.74, 6) is 2.06. The molecule has 7 nitrogen and oxygen atoms in total. The predicted octanol–water partition coefficient (Wildman–Crippen LogP) is 3.89. The minimum Gasteiger partial charge on any atom is -0.371 e. The van der Waals surface area contributed by atoms with Crippen LogP contribution < -0.4 is 4.90 Å². The van der Waals surface area contributed by atoms with E-state index in [4.69, 9.17) is 14.7 Å². The Morgan fingerprint density at radius 3 is 2.50 bits per heavy atom. The van der Waals surface area contributed by atoms with Crippen molar-refractivity contribution in [2.75, 3.05) is 37.7 Å². The van der Waals surface area contributed by atoms with E-state index in [-0.39, 0.29) is 11.9 Å². The number of hydrogen-bond donors (Lipinski definition) is 0. The van der Waals surface area contributed by atoms with Gasteiger partial charge >= 0.3 is 0 Å². The number of amides is 1. The zero-order valence-corrected chi connectivity index (χ0v) is 19.2. The molecule has 6 rings (SSSR count). The standard InChI is InChI=1S/C27H27N5O2/c1-19(33)30-11-13-31(14-12-30)26-10-8-22(16-28-26)21-7-9-23-24(15-21)32-25(17-34-18-27(32)29-23)20-5-3-2-4-6-20/h2-10,15-16,25H,11-14,17-18H2,1H3. The molecule has 4 aromatic rings. The van der Waals surface area contributed by atoms with E-state index in [1.807, 2.05) is 17.2 Å². The molecule has 2 aromatic carbocycles. The van der Waals surface area contributed by atoms with Crippen molar-refractivity contribution in [3.63, 3.8) is 0 Å². The van der Waals surface area contributed by atoms with Gasteiger partial charge in [-0.2, -0.15) is 0 Å². The molecular weight excluding hydrogens is 426 g/mol. The van der Waals surface area contributed by atoms with Crippen LogP contribution in [0.4, 0.5) is 5.82 Å². The summed E-state index contributed by atoms with van der Waals surface area (Å²) in [4.78, 5) is 25.3. The van der Waals surface area contributed by atoms with E-state index >= 15 is 0 Å². The Morgan fingerprint density at radius 2 is 1.76 bits per heavy atom. The number of benzene rings is 2. The van der Waals surface area contributed by atoms with Crippen molar-refractivity contribution in [1.82, 2.24) is 19.4 Å². The first-order valence-electron chi connectivity index (χ1n) is 11.8. The number of hydrogen-bond acceptors (Lipinski definition) is 5. The van der Waals surface area contributed by atoms with E-state index < -0.39 is 0 Å². The fourth-order valence-corrected chi connectivity index (χ4v) is 5.02. The number of carbonyl (C=O) groups excluding carboxylic acids is 1. The third-order valence-electron chi connectivity index (χ3n) is 6.90. The maximum Gasteiger partial charge on any atom is 0.219 e. The first-order valence-corrected chi connectivity index (χ1v) is 11.8. The normalized spacial score (nSPS) is 18.2. The van der Waals surface area contributed by atoms with E-state index in [0.717, 1.165) is 60.0 Å². The Bertz CT molecular complexity index is 1320. The SMILES string of the molecule is CC(=O)N1CCN(c2ccc(-c3ccc4nc5n(c4c3)C(c3ccccc3)COC5)cn2)CC1. The number of ether oxygens (including phenoxy) is 1. The highest BCUT2D eigenvalue weighted by Crippen LogP contribution is 2.33. The van der Waals surface area contributed by atoms with Gasteiger partial charge in [-0.1, -0.05) is 36.4 Å². The summed E-state index contributed by atoms with van der Waals surface area (Å²) < 4.78 is 8.21. The fraction of sp³-hybridized carbons (Fsp3) is 0.296. The summed E-state index contributed by atoms with van der Waals surface area (Å²) in [6.07, 6.45) is 1.94. The van der Waals surface area contributed by atoms with Crippen LogP contribution >= 0.6 is 0 Å². The Morgan fingerprint density at radius 1 is 0.971 bits per heavy atom. The molecule has 4 heterocycles. The second-order valence-corrected chi connectivity index (χ2v) is 8.94. The molecule has 0 N–H and O–H groups in total. The number of piperazine rings is 1. The van der Waals surface area contributed by atoms with Gasteiger partial charge in [0.05, 0.1) is 23.7 Å². The molecular formula is C27H27N5O2. The summed E-state index contributed by atoms with van der Waals surface area (Å²) in [5, 5.41) is 0. The lowest BCUT2D eigenvalue weighted by Crippen LogP contribution is -2.48. The number of anilines is 1. The highest BCUT2D eigenvalue weighted by Gasteiger charge is 2.25. The van der Waals surface area contributed by atoms with Crippen molar-refractivity contribution in [3.8, 4) is 11.1 Å². The van der Waals surface area contributed by atoms with Crippen molar-refractivity contribution in [1.29, 1.82) is 0 Å². The van der Waals surface area contributed by atoms with Gasteiger partial charge < -0.3 is 19.1 Å². The predicted molar refractivity (Wildman–Crippen MR) is 132 cm³/mol. The first-order chi connectivity index (χ1) is 16.7. The fourth-order valence-electron chi connectivity index (χ4n) is 5.02. The molecule has 0 bridgehead atoms. The molecule has 1 amide bonds. The van der Waals surface area contributed by atoms with Gasteiger partial charge in [-0.25, -0.2) is 9.97 Å². The Kier molecular flexibility index (Phi) is 5.26. The van der Waals surface area contributed by atoms with Crippen LogP contribution in [0.25, 0.3) is 22.2 Å². The van der Waals surface area contributed by atoms with Gasteiger partial charge in [0, 0.05) is 44.9 Å². The molecule has 34 heavy (non-hydrogen) atoms. The molecule has 1 fully saturated rings. The van der Waals surface area contributed by atoms with Crippen molar-refractivity contribution in [3.05, 3.63) is 78.2 Å². The molecule has 2 aliphatic rings. The van der Waals surface area contributed by atoms with Gasteiger partial charge in [0.25, 0.3) is 0 Å². The van der Waals surface area contributed by atoms with Gasteiger partial charge in [0.15, 0.2) is 0 Å². The number of nitrogens with zero attached hydrogens (tertiary/aromatic N) is 5. The number of carbonyl (C=O) groups is 1. The van der Waals surface area contributed by atoms with Crippen LogP contribution in [0.2, 0.25) is 0 Å². The summed E-state index contributed by atoms with van der Waals surface area (Å²) in [7, 11) is 0. The molecule has 0 spiro atoms. The van der Waals surface area contributed by atoms with E-state index in [1.54, 1.807) is 6.92 Å². The zero-order valence-electron chi connectivity index (χ0n) is 19.2. The molecule has 2 aromatic heterocycles. The Hall–Kier alpha value is -3.71. The van der Waals surface area contributed by atoms with E-state index in [0.29, 0.717) is 13.2 Å².